The van der Waals surface area contributed by atoms with Gasteiger partial charge in [-0.1, -0.05) is 25.8 Å². The van der Waals surface area contributed by atoms with Crippen molar-refractivity contribution in [2.45, 2.75) is 39.0 Å². The van der Waals surface area contributed by atoms with Crippen LogP contribution in [0.25, 0.3) is 10.9 Å². The molecule has 7 heteroatoms. The van der Waals surface area contributed by atoms with Gasteiger partial charge in [-0.05, 0) is 67.8 Å². The molecule has 2 heterocycles. The zero-order chi connectivity index (χ0) is 24.6. The number of carbonyl (C=O) groups is 1. The van der Waals surface area contributed by atoms with Crippen LogP contribution < -0.4 is 4.90 Å². The molecule has 0 saturated carbocycles. The second-order valence-corrected chi connectivity index (χ2v) is 9.46. The van der Waals surface area contributed by atoms with Crippen molar-refractivity contribution >= 4 is 22.5 Å². The van der Waals surface area contributed by atoms with E-state index >= 15 is 0 Å². The quantitative estimate of drug-likeness (QED) is 0.381. The SMILES string of the molecule is CCCCCN(C(=O)CN1CCN(CCCc2c[nH]c3ccc(F)cc23)CC1)c1cccc(F)c1. The molecule has 4 rings (SSSR count). The van der Waals surface area contributed by atoms with Gasteiger partial charge in [-0.15, -0.1) is 0 Å². The number of H-pyrrole nitrogens is 1. The Bertz CT molecular complexity index is 1110. The number of piperazine rings is 1. The first-order valence-corrected chi connectivity index (χ1v) is 12.8. The molecule has 35 heavy (non-hydrogen) atoms. The molecule has 0 spiro atoms. The standard InChI is InChI=1S/C28H36F2N4O/c1-2-3-4-13-34(25-9-5-8-23(29)18-25)28(35)21-33-16-14-32(15-17-33)12-6-7-22-20-31-27-11-10-24(30)19-26(22)27/h5,8-11,18-20,31H,2-4,6-7,12-17,21H2,1H3. The fourth-order valence-corrected chi connectivity index (χ4v) is 4.86. The van der Waals surface area contributed by atoms with Crippen LogP contribution in [0.1, 0.15) is 38.2 Å². The van der Waals surface area contributed by atoms with Crippen molar-refractivity contribution in [1.29, 1.82) is 0 Å². The van der Waals surface area contributed by atoms with Crippen molar-refractivity contribution in [3.05, 3.63) is 65.9 Å². The molecule has 3 aromatic rings. The van der Waals surface area contributed by atoms with Gasteiger partial charge in [0, 0.05) is 55.5 Å². The molecule has 0 unspecified atom stereocenters. The van der Waals surface area contributed by atoms with Gasteiger partial charge in [-0.25, -0.2) is 8.78 Å². The van der Waals surface area contributed by atoms with Crippen LogP contribution in [-0.4, -0.2) is 66.5 Å². The minimum atomic E-state index is -0.317. The van der Waals surface area contributed by atoms with Gasteiger partial charge in [0.1, 0.15) is 11.6 Å². The molecule has 0 aliphatic carbocycles. The molecule has 1 aromatic heterocycles. The number of aryl methyl sites for hydroxylation is 1. The lowest BCUT2D eigenvalue weighted by atomic mass is 10.1. The van der Waals surface area contributed by atoms with Gasteiger partial charge in [0.05, 0.1) is 6.54 Å². The Morgan fingerprint density at radius 3 is 2.51 bits per heavy atom. The number of nitrogens with one attached hydrogen (secondary N) is 1. The first kappa shape index (κ1) is 25.3. The average molecular weight is 483 g/mol. The first-order valence-electron chi connectivity index (χ1n) is 12.8. The van der Waals surface area contributed by atoms with Crippen LogP contribution in [0, 0.1) is 11.6 Å². The highest BCUT2D eigenvalue weighted by Crippen LogP contribution is 2.21. The zero-order valence-electron chi connectivity index (χ0n) is 20.6. The number of rotatable bonds is 11. The predicted octanol–water partition coefficient (Wildman–Crippen LogP) is 5.22. The number of aromatic nitrogens is 1. The van der Waals surface area contributed by atoms with Crippen LogP contribution in [-0.2, 0) is 11.2 Å². The maximum atomic E-state index is 13.8. The molecular weight excluding hydrogens is 446 g/mol. The Labute approximate surface area is 206 Å². The summed E-state index contributed by atoms with van der Waals surface area (Å²) in [7, 11) is 0. The van der Waals surface area contributed by atoms with Gasteiger partial charge >= 0.3 is 0 Å². The van der Waals surface area contributed by atoms with Gasteiger partial charge < -0.3 is 14.8 Å². The Hall–Kier alpha value is -2.77. The topological polar surface area (TPSA) is 42.6 Å². The van der Waals surface area contributed by atoms with E-state index in [1.165, 1.54) is 18.2 Å². The van der Waals surface area contributed by atoms with E-state index in [1.54, 1.807) is 23.1 Å². The lowest BCUT2D eigenvalue weighted by molar-refractivity contribution is -0.120. The van der Waals surface area contributed by atoms with Gasteiger partial charge in [0.25, 0.3) is 0 Å². The van der Waals surface area contributed by atoms with Crippen molar-refractivity contribution in [3.63, 3.8) is 0 Å². The van der Waals surface area contributed by atoms with E-state index in [-0.39, 0.29) is 17.5 Å². The van der Waals surface area contributed by atoms with Crippen LogP contribution in [0.2, 0.25) is 0 Å². The lowest BCUT2D eigenvalue weighted by Gasteiger charge is -2.35. The van der Waals surface area contributed by atoms with E-state index in [4.69, 9.17) is 0 Å². The third-order valence-corrected chi connectivity index (χ3v) is 6.88. The maximum absolute atomic E-state index is 13.8. The van der Waals surface area contributed by atoms with Crippen LogP contribution in [0.3, 0.4) is 0 Å². The highest BCUT2D eigenvalue weighted by molar-refractivity contribution is 5.94. The highest BCUT2D eigenvalue weighted by Gasteiger charge is 2.23. The van der Waals surface area contributed by atoms with Crippen LogP contribution in [0.5, 0.6) is 0 Å². The molecule has 1 aliphatic rings. The smallest absolute Gasteiger partial charge is 0.241 e. The summed E-state index contributed by atoms with van der Waals surface area (Å²) >= 11 is 0. The summed E-state index contributed by atoms with van der Waals surface area (Å²) in [5, 5.41) is 0.968. The Morgan fingerprint density at radius 2 is 1.74 bits per heavy atom. The van der Waals surface area contributed by atoms with Gasteiger partial charge in [-0.2, -0.15) is 0 Å². The third-order valence-electron chi connectivity index (χ3n) is 6.88. The molecule has 0 atom stereocenters. The number of benzene rings is 2. The molecule has 2 aromatic carbocycles. The number of hydrogen-bond acceptors (Lipinski definition) is 3. The molecule has 1 fully saturated rings. The monoisotopic (exact) mass is 482 g/mol. The second kappa shape index (κ2) is 12.3. The molecule has 1 aliphatic heterocycles. The van der Waals surface area contributed by atoms with Crippen molar-refractivity contribution in [1.82, 2.24) is 14.8 Å². The van der Waals surface area contributed by atoms with Crippen molar-refractivity contribution in [3.8, 4) is 0 Å². The molecule has 5 nitrogen and oxygen atoms in total. The normalized spacial score (nSPS) is 15.1. The predicted molar refractivity (Wildman–Crippen MR) is 138 cm³/mol. The van der Waals surface area contributed by atoms with Crippen LogP contribution in [0.15, 0.2) is 48.7 Å². The number of hydrogen-bond donors (Lipinski definition) is 1. The molecular formula is C28H36F2N4O. The van der Waals surface area contributed by atoms with Crippen LogP contribution in [0.4, 0.5) is 14.5 Å². The summed E-state index contributed by atoms with van der Waals surface area (Å²) in [6.45, 7) is 7.62. The summed E-state index contributed by atoms with van der Waals surface area (Å²) in [5.41, 5.74) is 2.77. The second-order valence-electron chi connectivity index (χ2n) is 9.46. The van der Waals surface area contributed by atoms with E-state index in [0.29, 0.717) is 18.8 Å². The molecule has 188 valence electrons. The van der Waals surface area contributed by atoms with Gasteiger partial charge in [0.15, 0.2) is 0 Å². The number of halogens is 2. The largest absolute Gasteiger partial charge is 0.361 e. The maximum Gasteiger partial charge on any atom is 0.241 e. The lowest BCUT2D eigenvalue weighted by Crippen LogP contribution is -2.50. The Morgan fingerprint density at radius 1 is 0.971 bits per heavy atom. The summed E-state index contributed by atoms with van der Waals surface area (Å²) in [4.78, 5) is 22.8. The number of amides is 1. The summed E-state index contributed by atoms with van der Waals surface area (Å²) in [6.07, 6.45) is 6.93. The van der Waals surface area contributed by atoms with E-state index in [0.717, 1.165) is 81.3 Å². The first-order chi connectivity index (χ1) is 17.0. The fourth-order valence-electron chi connectivity index (χ4n) is 4.86. The van der Waals surface area contributed by atoms with E-state index in [9.17, 15) is 13.6 Å². The number of carbonyl (C=O) groups excluding carboxylic acids is 1. The molecule has 1 saturated heterocycles. The van der Waals surface area contributed by atoms with Gasteiger partial charge in [-0.3, -0.25) is 9.69 Å². The number of aromatic amines is 1. The van der Waals surface area contributed by atoms with E-state index in [2.05, 4.69) is 21.7 Å². The minimum Gasteiger partial charge on any atom is -0.361 e. The fraction of sp³-hybridized carbons (Fsp3) is 0.464. The van der Waals surface area contributed by atoms with Crippen molar-refractivity contribution in [2.75, 3.05) is 50.7 Å². The highest BCUT2D eigenvalue weighted by atomic mass is 19.1. The molecule has 0 bridgehead atoms. The average Bonchev–Trinajstić information content (AvgIpc) is 3.25. The Balaban J connectivity index is 1.24. The third kappa shape index (κ3) is 6.89. The Kier molecular flexibility index (Phi) is 8.88. The zero-order valence-corrected chi connectivity index (χ0v) is 20.6. The summed E-state index contributed by atoms with van der Waals surface area (Å²) in [5.74, 6) is -0.487. The number of nitrogens with zero attached hydrogens (tertiary/aromatic N) is 3. The summed E-state index contributed by atoms with van der Waals surface area (Å²) < 4.78 is 27.4. The van der Waals surface area contributed by atoms with Crippen LogP contribution >= 0.6 is 0 Å². The molecule has 1 amide bonds. The molecule has 0 radical (unpaired) electrons. The number of anilines is 1. The van der Waals surface area contributed by atoms with E-state index in [1.807, 2.05) is 12.3 Å². The van der Waals surface area contributed by atoms with Crippen molar-refractivity contribution < 1.29 is 13.6 Å². The number of fused-ring (bicyclic) bond motifs is 1. The number of unbranched alkanes of at least 4 members (excludes halogenated alkanes) is 2. The van der Waals surface area contributed by atoms with Crippen molar-refractivity contribution in [2.24, 2.45) is 0 Å². The summed E-state index contributed by atoms with van der Waals surface area (Å²) in [6, 6.07) is 11.2. The van der Waals surface area contributed by atoms with Gasteiger partial charge in [0.2, 0.25) is 5.91 Å². The van der Waals surface area contributed by atoms with E-state index < -0.39 is 0 Å². The molecule has 1 N–H and O–H groups in total. The minimum absolute atomic E-state index is 0.0340.